The summed E-state index contributed by atoms with van der Waals surface area (Å²) in [4.78, 5) is 0. The zero-order valence-electron chi connectivity index (χ0n) is 4.95. The second-order valence-corrected chi connectivity index (χ2v) is 26.3. The Hall–Kier alpha value is 0.882. The minimum atomic E-state index is -1.28. The van der Waals surface area contributed by atoms with E-state index in [9.17, 15) is 0 Å². The molecule has 37 valence electrons. The standard InChI is InChI=1S/4CH3.N.Pb/h4*1H3;;. The molecule has 2 heteroatoms. The summed E-state index contributed by atoms with van der Waals surface area (Å²) in [5.74, 6) is 0. The van der Waals surface area contributed by atoms with E-state index in [1.165, 1.54) is 0 Å². The first kappa shape index (κ1) is 9.99. The predicted molar refractivity (Wildman–Crippen MR) is 31.3 cm³/mol. The van der Waals surface area contributed by atoms with Crippen LogP contribution in [0.1, 0.15) is 0 Å². The summed E-state index contributed by atoms with van der Waals surface area (Å²) in [5.41, 5.74) is 0. The van der Waals surface area contributed by atoms with Gasteiger partial charge in [0.1, 0.15) is 0 Å². The molecule has 0 aromatic heterocycles. The maximum absolute atomic E-state index is 2.41. The number of nitrogens with zero attached hydrogens (tertiary/aromatic N) is 1. The topological polar surface area (TPSA) is 30.5 Å². The molecule has 0 aliphatic carbocycles. The van der Waals surface area contributed by atoms with E-state index < -0.39 is 21.2 Å². The van der Waals surface area contributed by atoms with Gasteiger partial charge >= 0.3 is 39.1 Å². The van der Waals surface area contributed by atoms with Gasteiger partial charge in [-0.25, -0.2) is 0 Å². The van der Waals surface area contributed by atoms with Crippen LogP contribution < -0.4 is 6.15 Å². The van der Waals surface area contributed by atoms with Crippen LogP contribution in [0.4, 0.5) is 0 Å². The van der Waals surface area contributed by atoms with Gasteiger partial charge in [-0.3, -0.25) is 0 Å². The second-order valence-electron chi connectivity index (χ2n) is 3.00. The van der Waals surface area contributed by atoms with Gasteiger partial charge < -0.3 is 0 Å². The van der Waals surface area contributed by atoms with Crippen LogP contribution in [0.2, 0.25) is 17.9 Å². The van der Waals surface area contributed by atoms with E-state index in [0.29, 0.717) is 0 Å². The smallest absolute Gasteiger partial charge is 0 e. The Balaban J connectivity index is 0. The summed E-state index contributed by atoms with van der Waals surface area (Å²) >= 11 is -1.28. The molecular weight excluding hydrogens is 269 g/mol. The second kappa shape index (κ2) is 2.96. The van der Waals surface area contributed by atoms with Crippen LogP contribution in [-0.4, -0.2) is 21.2 Å². The first-order valence-electron chi connectivity index (χ1n) is 2.00. The molecule has 0 spiro atoms. The van der Waals surface area contributed by atoms with Crippen LogP contribution in [0.3, 0.4) is 0 Å². The van der Waals surface area contributed by atoms with Gasteiger partial charge in [0.15, 0.2) is 0 Å². The van der Waals surface area contributed by atoms with Gasteiger partial charge in [-0.05, 0) is 0 Å². The molecule has 0 bridgehead atoms. The zero-order valence-corrected chi connectivity index (χ0v) is 8.83. The molecule has 6 heavy (non-hydrogen) atoms. The SMILES string of the molecule is [CH3][Pb]([CH3])([CH3])[CH3].[N]. The van der Waals surface area contributed by atoms with Crippen molar-refractivity contribution in [1.82, 2.24) is 6.15 Å². The van der Waals surface area contributed by atoms with Crippen molar-refractivity contribution in [2.75, 3.05) is 0 Å². The average Bonchev–Trinajstić information content (AvgIpc) is 0.722. The molecule has 0 aromatic rings. The maximum Gasteiger partial charge on any atom is 0 e. The molecule has 0 heterocycles. The predicted octanol–water partition coefficient (Wildman–Crippen LogP) is 1.47. The van der Waals surface area contributed by atoms with E-state index in [4.69, 9.17) is 0 Å². The summed E-state index contributed by atoms with van der Waals surface area (Å²) in [7, 11) is 0. The minimum Gasteiger partial charge on any atom is 0 e. The first-order chi connectivity index (χ1) is 2.00. The minimum absolute atomic E-state index is 0. The third kappa shape index (κ3) is 94.6. The fourth-order valence-corrected chi connectivity index (χ4v) is 0. The Bertz CT molecular complexity index is 23.0. The first-order valence-corrected chi connectivity index (χ1v) is 17.5. The monoisotopic (exact) mass is 282 g/mol. The molecule has 0 N–H and O–H groups in total. The molecule has 0 unspecified atom stereocenters. The molecule has 0 fully saturated rings. The van der Waals surface area contributed by atoms with Crippen molar-refractivity contribution in [3.63, 3.8) is 0 Å². The van der Waals surface area contributed by atoms with E-state index in [1.807, 2.05) is 0 Å². The summed E-state index contributed by atoms with van der Waals surface area (Å²) in [5, 5.41) is 0. The number of hydrogen-bond acceptors (Lipinski definition) is 0. The van der Waals surface area contributed by atoms with Crippen LogP contribution in [-0.2, 0) is 0 Å². The molecule has 0 saturated carbocycles. The van der Waals surface area contributed by atoms with E-state index in [1.54, 1.807) is 0 Å². The van der Waals surface area contributed by atoms with Crippen molar-refractivity contribution in [3.8, 4) is 0 Å². The molecule has 1 nitrogen and oxygen atoms in total. The van der Waals surface area contributed by atoms with E-state index in [0.717, 1.165) is 0 Å². The van der Waals surface area contributed by atoms with E-state index in [-0.39, 0.29) is 6.15 Å². The average molecular weight is 281 g/mol. The van der Waals surface area contributed by atoms with Crippen molar-refractivity contribution in [1.29, 1.82) is 0 Å². The van der Waals surface area contributed by atoms with E-state index in [2.05, 4.69) is 17.9 Å². The Labute approximate surface area is 45.4 Å². The molecule has 0 amide bonds. The molecule has 0 atom stereocenters. The van der Waals surface area contributed by atoms with Crippen LogP contribution >= 0.6 is 0 Å². The van der Waals surface area contributed by atoms with Crippen LogP contribution in [0.25, 0.3) is 0 Å². The zero-order chi connectivity index (χ0) is 4.50. The fourth-order valence-electron chi connectivity index (χ4n) is 0. The summed E-state index contributed by atoms with van der Waals surface area (Å²) in [6.45, 7) is 0. The molecule has 0 rings (SSSR count). The number of hydrogen-bond donors (Lipinski definition) is 0. The van der Waals surface area contributed by atoms with Crippen molar-refractivity contribution < 1.29 is 0 Å². The molecular formula is C4H12NPb. The van der Waals surface area contributed by atoms with Gasteiger partial charge in [0.2, 0.25) is 0 Å². The van der Waals surface area contributed by atoms with Gasteiger partial charge in [-0.2, -0.15) is 0 Å². The van der Waals surface area contributed by atoms with Crippen molar-refractivity contribution in [2.24, 2.45) is 0 Å². The van der Waals surface area contributed by atoms with Gasteiger partial charge in [0, 0.05) is 6.15 Å². The Kier molecular flexibility index (Phi) is 4.93. The molecule has 3 radical (unpaired) electrons. The largest absolute Gasteiger partial charge is 0 e. The summed E-state index contributed by atoms with van der Waals surface area (Å²) in [6.07, 6.45) is 0. The van der Waals surface area contributed by atoms with E-state index >= 15 is 0 Å². The van der Waals surface area contributed by atoms with Gasteiger partial charge in [-0.15, -0.1) is 0 Å². The Morgan fingerprint density at radius 3 is 0.833 bits per heavy atom. The molecule has 0 aliphatic heterocycles. The Morgan fingerprint density at radius 1 is 0.833 bits per heavy atom. The number of rotatable bonds is 0. The third-order valence-corrected chi connectivity index (χ3v) is 0. The van der Waals surface area contributed by atoms with Crippen LogP contribution in [0.5, 0.6) is 0 Å². The third-order valence-electron chi connectivity index (χ3n) is 0. The van der Waals surface area contributed by atoms with Crippen molar-refractivity contribution in [3.05, 3.63) is 0 Å². The fraction of sp³-hybridized carbons (Fsp3) is 1.00. The van der Waals surface area contributed by atoms with Gasteiger partial charge in [0.05, 0.1) is 0 Å². The summed E-state index contributed by atoms with van der Waals surface area (Å²) < 4.78 is 9.64. The molecule has 0 aliphatic rings. The van der Waals surface area contributed by atoms with Crippen LogP contribution in [0, 0.1) is 0 Å². The molecule has 0 saturated heterocycles. The van der Waals surface area contributed by atoms with Gasteiger partial charge in [0.25, 0.3) is 0 Å². The van der Waals surface area contributed by atoms with Crippen molar-refractivity contribution >= 4 is 21.2 Å². The van der Waals surface area contributed by atoms with Gasteiger partial charge in [-0.1, -0.05) is 0 Å². The van der Waals surface area contributed by atoms with Crippen LogP contribution in [0.15, 0.2) is 0 Å². The Morgan fingerprint density at radius 2 is 0.833 bits per heavy atom. The normalized spacial score (nSPS) is 10.0. The quantitative estimate of drug-likeness (QED) is 0.602. The molecule has 0 aromatic carbocycles. The van der Waals surface area contributed by atoms with Crippen molar-refractivity contribution in [2.45, 2.75) is 17.9 Å². The maximum atomic E-state index is 2.41. The summed E-state index contributed by atoms with van der Waals surface area (Å²) in [6, 6.07) is 0.